The van der Waals surface area contributed by atoms with E-state index in [-0.39, 0.29) is 18.0 Å². The van der Waals surface area contributed by atoms with Crippen molar-refractivity contribution in [3.63, 3.8) is 0 Å². The zero-order valence-electron chi connectivity index (χ0n) is 18.0. The van der Waals surface area contributed by atoms with Crippen molar-refractivity contribution >= 4 is 23.2 Å². The fourth-order valence-corrected chi connectivity index (χ4v) is 4.02. The van der Waals surface area contributed by atoms with Crippen LogP contribution in [0.5, 0.6) is 11.5 Å². The molecule has 0 radical (unpaired) electrons. The number of benzene rings is 3. The maximum absolute atomic E-state index is 14.1. The van der Waals surface area contributed by atoms with Gasteiger partial charge in [-0.25, -0.2) is 8.78 Å². The van der Waals surface area contributed by atoms with E-state index in [0.29, 0.717) is 23.3 Å². The number of amides is 2. The number of nitrogens with zero attached hydrogens (tertiary/aromatic N) is 1. The summed E-state index contributed by atoms with van der Waals surface area (Å²) in [7, 11) is 3.09. The van der Waals surface area contributed by atoms with Gasteiger partial charge in [0, 0.05) is 18.2 Å². The summed E-state index contributed by atoms with van der Waals surface area (Å²) in [5, 5.41) is 2.51. The normalized spacial score (nSPS) is 17.7. The molecule has 0 aliphatic carbocycles. The summed E-state index contributed by atoms with van der Waals surface area (Å²) >= 11 is 0. The van der Waals surface area contributed by atoms with Gasteiger partial charge in [-0.2, -0.15) is 0 Å². The van der Waals surface area contributed by atoms with E-state index in [1.54, 1.807) is 67.7 Å². The lowest BCUT2D eigenvalue weighted by molar-refractivity contribution is -0.122. The summed E-state index contributed by atoms with van der Waals surface area (Å²) in [6.07, 6.45) is -0.0721. The molecule has 0 saturated carbocycles. The average molecular weight is 452 g/mol. The van der Waals surface area contributed by atoms with Crippen LogP contribution in [0.15, 0.2) is 66.7 Å². The van der Waals surface area contributed by atoms with Gasteiger partial charge in [0.05, 0.1) is 31.9 Å². The van der Waals surface area contributed by atoms with Gasteiger partial charge in [0.25, 0.3) is 0 Å². The number of ether oxygens (including phenoxy) is 2. The van der Waals surface area contributed by atoms with E-state index in [1.807, 2.05) is 0 Å². The highest BCUT2D eigenvalue weighted by Gasteiger charge is 2.45. The van der Waals surface area contributed by atoms with Crippen molar-refractivity contribution in [1.29, 1.82) is 0 Å². The zero-order valence-corrected chi connectivity index (χ0v) is 18.0. The summed E-state index contributed by atoms with van der Waals surface area (Å²) in [4.78, 5) is 27.8. The van der Waals surface area contributed by atoms with Gasteiger partial charge in [0.2, 0.25) is 11.8 Å². The molecule has 1 N–H and O–H groups in total. The van der Waals surface area contributed by atoms with Crippen molar-refractivity contribution in [3.05, 3.63) is 83.9 Å². The van der Waals surface area contributed by atoms with Gasteiger partial charge in [-0.1, -0.05) is 12.1 Å². The minimum atomic E-state index is -0.888. The molecule has 3 aromatic carbocycles. The molecule has 33 heavy (non-hydrogen) atoms. The summed E-state index contributed by atoms with van der Waals surface area (Å²) in [6, 6.07) is 16.3. The third-order valence-electron chi connectivity index (χ3n) is 5.66. The lowest BCUT2D eigenvalue weighted by Gasteiger charge is -2.28. The monoisotopic (exact) mass is 452 g/mol. The first-order valence-electron chi connectivity index (χ1n) is 10.3. The molecule has 1 saturated heterocycles. The molecule has 0 spiro atoms. The predicted octanol–water partition coefficient (Wildman–Crippen LogP) is 4.71. The Balaban J connectivity index is 1.71. The van der Waals surface area contributed by atoms with Crippen LogP contribution in [0.3, 0.4) is 0 Å². The van der Waals surface area contributed by atoms with Crippen LogP contribution in [0.25, 0.3) is 0 Å². The van der Waals surface area contributed by atoms with E-state index in [9.17, 15) is 18.4 Å². The maximum Gasteiger partial charge on any atom is 0.230 e. The van der Waals surface area contributed by atoms with E-state index >= 15 is 0 Å². The number of hydrogen-bond donors (Lipinski definition) is 1. The zero-order chi connectivity index (χ0) is 23.5. The number of halogens is 2. The summed E-state index contributed by atoms with van der Waals surface area (Å²) in [5.41, 5.74) is 1.17. The van der Waals surface area contributed by atoms with Crippen LogP contribution in [0.2, 0.25) is 0 Å². The Hall–Kier alpha value is -3.94. The average Bonchev–Trinajstić information content (AvgIpc) is 3.18. The Labute approximate surface area is 189 Å². The molecule has 3 aromatic rings. The molecule has 2 atom stereocenters. The van der Waals surface area contributed by atoms with Crippen molar-refractivity contribution in [2.24, 2.45) is 5.92 Å². The SMILES string of the molecule is COc1ccc([C@H]2[C@@H](C(=O)Nc3ccc(F)cc3F)CC(=O)N2c2ccc(OC)cc2)cc1. The lowest BCUT2D eigenvalue weighted by Crippen LogP contribution is -2.32. The molecule has 1 aliphatic rings. The number of hydrogen-bond acceptors (Lipinski definition) is 4. The van der Waals surface area contributed by atoms with Crippen LogP contribution < -0.4 is 19.7 Å². The van der Waals surface area contributed by atoms with E-state index in [1.165, 1.54) is 0 Å². The Morgan fingerprint density at radius 1 is 0.939 bits per heavy atom. The Morgan fingerprint density at radius 2 is 1.55 bits per heavy atom. The van der Waals surface area contributed by atoms with Gasteiger partial charge in [-0.15, -0.1) is 0 Å². The van der Waals surface area contributed by atoms with Crippen molar-refractivity contribution < 1.29 is 27.8 Å². The lowest BCUT2D eigenvalue weighted by atomic mass is 9.92. The van der Waals surface area contributed by atoms with E-state index < -0.39 is 29.5 Å². The molecular formula is C25H22F2N2O4. The maximum atomic E-state index is 14.1. The van der Waals surface area contributed by atoms with Crippen molar-refractivity contribution in [2.45, 2.75) is 12.5 Å². The third kappa shape index (κ3) is 4.50. The number of carbonyl (C=O) groups excluding carboxylic acids is 2. The number of anilines is 2. The second-order valence-electron chi connectivity index (χ2n) is 7.60. The fraction of sp³-hybridized carbons (Fsp3) is 0.200. The van der Waals surface area contributed by atoms with Gasteiger partial charge < -0.3 is 19.7 Å². The van der Waals surface area contributed by atoms with Crippen molar-refractivity contribution in [3.8, 4) is 11.5 Å². The topological polar surface area (TPSA) is 67.9 Å². The first-order chi connectivity index (χ1) is 15.9. The van der Waals surface area contributed by atoms with Gasteiger partial charge in [-0.3, -0.25) is 9.59 Å². The van der Waals surface area contributed by atoms with Gasteiger partial charge in [-0.05, 0) is 54.1 Å². The van der Waals surface area contributed by atoms with Crippen molar-refractivity contribution in [1.82, 2.24) is 0 Å². The summed E-state index contributed by atoms with van der Waals surface area (Å²) < 4.78 is 37.8. The Bertz CT molecular complexity index is 1170. The molecule has 4 rings (SSSR count). The Morgan fingerprint density at radius 3 is 2.12 bits per heavy atom. The van der Waals surface area contributed by atoms with Gasteiger partial charge in [0.1, 0.15) is 23.1 Å². The smallest absolute Gasteiger partial charge is 0.230 e. The molecule has 6 nitrogen and oxygen atoms in total. The molecule has 170 valence electrons. The van der Waals surface area contributed by atoms with Crippen LogP contribution in [0.4, 0.5) is 20.2 Å². The van der Waals surface area contributed by atoms with Crippen LogP contribution in [-0.4, -0.2) is 26.0 Å². The second-order valence-corrected chi connectivity index (χ2v) is 7.60. The third-order valence-corrected chi connectivity index (χ3v) is 5.66. The number of methoxy groups -OCH3 is 2. The first-order valence-corrected chi connectivity index (χ1v) is 10.3. The highest BCUT2D eigenvalue weighted by molar-refractivity contribution is 6.04. The predicted molar refractivity (Wildman–Crippen MR) is 119 cm³/mol. The highest BCUT2D eigenvalue weighted by atomic mass is 19.1. The molecule has 1 fully saturated rings. The molecule has 0 bridgehead atoms. The molecule has 0 unspecified atom stereocenters. The van der Waals surface area contributed by atoms with Gasteiger partial charge in [0.15, 0.2) is 0 Å². The van der Waals surface area contributed by atoms with Crippen LogP contribution >= 0.6 is 0 Å². The largest absolute Gasteiger partial charge is 0.497 e. The molecule has 8 heteroatoms. The standard InChI is InChI=1S/C25H22F2N2O4/c1-32-18-8-3-15(4-9-18)24-20(25(31)28-22-12-5-16(26)13-21(22)27)14-23(30)29(24)17-6-10-19(33-2)11-7-17/h3-13,20,24H,14H2,1-2H3,(H,28,31)/t20-,24-/m0/s1. The minimum Gasteiger partial charge on any atom is -0.497 e. The number of carbonyl (C=O) groups is 2. The van der Waals surface area contributed by atoms with Crippen molar-refractivity contribution in [2.75, 3.05) is 24.4 Å². The molecule has 2 amide bonds. The molecule has 1 heterocycles. The fourth-order valence-electron chi connectivity index (χ4n) is 4.02. The van der Waals surface area contributed by atoms with E-state index in [2.05, 4.69) is 5.32 Å². The van der Waals surface area contributed by atoms with Crippen LogP contribution in [0, 0.1) is 17.6 Å². The van der Waals surface area contributed by atoms with Gasteiger partial charge >= 0.3 is 0 Å². The van der Waals surface area contributed by atoms with E-state index in [0.717, 1.165) is 17.7 Å². The number of rotatable bonds is 6. The number of nitrogens with one attached hydrogen (secondary N) is 1. The summed E-state index contributed by atoms with van der Waals surface area (Å²) in [5.74, 6) is -1.96. The molecule has 1 aliphatic heterocycles. The molecule has 0 aromatic heterocycles. The highest BCUT2D eigenvalue weighted by Crippen LogP contribution is 2.42. The van der Waals surface area contributed by atoms with Crippen LogP contribution in [0.1, 0.15) is 18.0 Å². The quantitative estimate of drug-likeness (QED) is 0.588. The minimum absolute atomic E-state index is 0.0721. The summed E-state index contributed by atoms with van der Waals surface area (Å²) in [6.45, 7) is 0. The second kappa shape index (κ2) is 9.28. The van der Waals surface area contributed by atoms with E-state index in [4.69, 9.17) is 9.47 Å². The Kier molecular flexibility index (Phi) is 6.26. The molecular weight excluding hydrogens is 430 g/mol. The van der Waals surface area contributed by atoms with Crippen LogP contribution in [-0.2, 0) is 9.59 Å². The first kappa shape index (κ1) is 22.3.